The lowest BCUT2D eigenvalue weighted by molar-refractivity contribution is -0.384. The van der Waals surface area contributed by atoms with Crippen LogP contribution >= 0.6 is 0 Å². The van der Waals surface area contributed by atoms with Gasteiger partial charge in [-0.1, -0.05) is 6.07 Å². The molecule has 0 unspecified atom stereocenters. The van der Waals surface area contributed by atoms with Crippen molar-refractivity contribution in [1.29, 1.82) is 0 Å². The number of nitro benzene ring substituents is 1. The smallest absolute Gasteiger partial charge is 0.293 e. The van der Waals surface area contributed by atoms with Crippen LogP contribution < -0.4 is 11.3 Å². The van der Waals surface area contributed by atoms with E-state index in [0.717, 1.165) is 25.2 Å². The Kier molecular flexibility index (Phi) is 4.46. The summed E-state index contributed by atoms with van der Waals surface area (Å²) in [5.74, 6) is 5.30. The van der Waals surface area contributed by atoms with Crippen LogP contribution in [-0.2, 0) is 6.54 Å². The van der Waals surface area contributed by atoms with E-state index in [1.165, 1.54) is 0 Å². The van der Waals surface area contributed by atoms with E-state index < -0.39 is 4.92 Å². The molecule has 7 heteroatoms. The standard InChI is InChI=1S/C14H23N5O2/c1-14(2)10-18(7-6-17(14)3)9-11-4-5-12(16-15)13(8-11)19(20)21/h4-5,8,16H,6-7,9-10,15H2,1-3H3. The summed E-state index contributed by atoms with van der Waals surface area (Å²) >= 11 is 0. The van der Waals surface area contributed by atoms with E-state index in [4.69, 9.17) is 5.84 Å². The highest BCUT2D eigenvalue weighted by Gasteiger charge is 2.31. The number of piperazine rings is 1. The van der Waals surface area contributed by atoms with Gasteiger partial charge in [0.15, 0.2) is 0 Å². The van der Waals surface area contributed by atoms with Crippen molar-refractivity contribution < 1.29 is 4.92 Å². The van der Waals surface area contributed by atoms with Gasteiger partial charge in [-0.15, -0.1) is 0 Å². The Labute approximate surface area is 124 Å². The van der Waals surface area contributed by atoms with E-state index in [9.17, 15) is 10.1 Å². The molecular weight excluding hydrogens is 270 g/mol. The first kappa shape index (κ1) is 15.7. The molecule has 1 aliphatic rings. The van der Waals surface area contributed by atoms with Gasteiger partial charge in [0, 0.05) is 37.8 Å². The zero-order valence-electron chi connectivity index (χ0n) is 12.8. The zero-order chi connectivity index (χ0) is 15.6. The van der Waals surface area contributed by atoms with E-state index in [2.05, 4.69) is 36.1 Å². The second-order valence-electron chi connectivity index (χ2n) is 6.20. The van der Waals surface area contributed by atoms with Gasteiger partial charge in [-0.05, 0) is 32.5 Å². The number of rotatable bonds is 4. The molecule has 0 aromatic heterocycles. The van der Waals surface area contributed by atoms with Crippen LogP contribution in [0, 0.1) is 10.1 Å². The number of nitrogens with one attached hydrogen (secondary N) is 1. The Hall–Kier alpha value is -1.70. The molecule has 7 nitrogen and oxygen atoms in total. The molecule has 1 aliphatic heterocycles. The van der Waals surface area contributed by atoms with Crippen molar-refractivity contribution in [3.8, 4) is 0 Å². The summed E-state index contributed by atoms with van der Waals surface area (Å²) in [6, 6.07) is 5.14. The molecule has 1 aromatic rings. The van der Waals surface area contributed by atoms with Crippen molar-refractivity contribution in [2.45, 2.75) is 25.9 Å². The zero-order valence-corrected chi connectivity index (χ0v) is 12.8. The molecule has 0 bridgehead atoms. The molecule has 1 heterocycles. The topological polar surface area (TPSA) is 87.7 Å². The number of anilines is 1. The van der Waals surface area contributed by atoms with Gasteiger partial charge in [0.25, 0.3) is 5.69 Å². The van der Waals surface area contributed by atoms with Crippen molar-refractivity contribution in [3.63, 3.8) is 0 Å². The van der Waals surface area contributed by atoms with Crippen LogP contribution in [-0.4, -0.2) is 46.9 Å². The van der Waals surface area contributed by atoms with Gasteiger partial charge in [-0.3, -0.25) is 25.8 Å². The Morgan fingerprint density at radius 3 is 2.71 bits per heavy atom. The minimum Gasteiger partial charge on any atom is -0.318 e. The Morgan fingerprint density at radius 2 is 2.14 bits per heavy atom. The van der Waals surface area contributed by atoms with E-state index in [0.29, 0.717) is 12.2 Å². The van der Waals surface area contributed by atoms with Crippen LogP contribution in [0.3, 0.4) is 0 Å². The van der Waals surface area contributed by atoms with Gasteiger partial charge in [0.1, 0.15) is 5.69 Å². The third-order valence-corrected chi connectivity index (χ3v) is 4.22. The number of nitrogens with zero attached hydrogens (tertiary/aromatic N) is 3. The maximum atomic E-state index is 11.1. The van der Waals surface area contributed by atoms with Crippen LogP contribution in [0.1, 0.15) is 19.4 Å². The molecule has 1 aromatic carbocycles. The van der Waals surface area contributed by atoms with Crippen LogP contribution in [0.4, 0.5) is 11.4 Å². The minimum absolute atomic E-state index is 0.0170. The minimum atomic E-state index is -0.410. The number of nitro groups is 1. The summed E-state index contributed by atoms with van der Waals surface area (Å²) in [5.41, 5.74) is 3.76. The van der Waals surface area contributed by atoms with Crippen molar-refractivity contribution >= 4 is 11.4 Å². The third-order valence-electron chi connectivity index (χ3n) is 4.22. The van der Waals surface area contributed by atoms with Crippen molar-refractivity contribution in [2.24, 2.45) is 5.84 Å². The Morgan fingerprint density at radius 1 is 1.43 bits per heavy atom. The molecule has 2 rings (SSSR count). The maximum Gasteiger partial charge on any atom is 0.293 e. The molecule has 0 radical (unpaired) electrons. The van der Waals surface area contributed by atoms with Crippen LogP contribution in [0.5, 0.6) is 0 Å². The summed E-state index contributed by atoms with van der Waals surface area (Å²) in [6.45, 7) is 8.03. The van der Waals surface area contributed by atoms with E-state index >= 15 is 0 Å². The fourth-order valence-electron chi connectivity index (χ4n) is 2.68. The lowest BCUT2D eigenvalue weighted by Gasteiger charge is -2.45. The summed E-state index contributed by atoms with van der Waals surface area (Å²) in [5, 5.41) is 11.1. The van der Waals surface area contributed by atoms with Gasteiger partial charge >= 0.3 is 0 Å². The first-order valence-corrected chi connectivity index (χ1v) is 7.01. The number of hydrazine groups is 1. The maximum absolute atomic E-state index is 11.1. The molecule has 3 N–H and O–H groups in total. The second-order valence-corrected chi connectivity index (χ2v) is 6.20. The number of nitrogens with two attached hydrogens (primary N) is 1. The van der Waals surface area contributed by atoms with Gasteiger partial charge in [0.05, 0.1) is 4.92 Å². The van der Waals surface area contributed by atoms with Gasteiger partial charge in [-0.2, -0.15) is 0 Å². The fourth-order valence-corrected chi connectivity index (χ4v) is 2.68. The lowest BCUT2D eigenvalue weighted by Crippen LogP contribution is -2.57. The summed E-state index contributed by atoms with van der Waals surface area (Å²) < 4.78 is 0. The molecule has 1 saturated heterocycles. The van der Waals surface area contributed by atoms with Crippen molar-refractivity contribution in [3.05, 3.63) is 33.9 Å². The van der Waals surface area contributed by atoms with Gasteiger partial charge in [0.2, 0.25) is 0 Å². The van der Waals surface area contributed by atoms with Gasteiger partial charge < -0.3 is 5.43 Å². The lowest BCUT2D eigenvalue weighted by atomic mass is 9.99. The largest absolute Gasteiger partial charge is 0.318 e. The van der Waals surface area contributed by atoms with Gasteiger partial charge in [-0.25, -0.2) is 0 Å². The summed E-state index contributed by atoms with van der Waals surface area (Å²) in [6.07, 6.45) is 0. The van der Waals surface area contributed by atoms with Crippen LogP contribution in [0.25, 0.3) is 0 Å². The molecule has 1 fully saturated rings. The predicted molar refractivity (Wildman–Crippen MR) is 82.9 cm³/mol. The summed E-state index contributed by atoms with van der Waals surface area (Å²) in [7, 11) is 2.13. The number of nitrogen functional groups attached to an aromatic ring is 1. The molecule has 116 valence electrons. The van der Waals surface area contributed by atoms with Crippen molar-refractivity contribution in [1.82, 2.24) is 9.80 Å². The molecule has 0 amide bonds. The number of benzene rings is 1. The first-order valence-electron chi connectivity index (χ1n) is 7.01. The first-order chi connectivity index (χ1) is 9.83. The molecule has 0 spiro atoms. The van der Waals surface area contributed by atoms with Crippen molar-refractivity contribution in [2.75, 3.05) is 32.1 Å². The monoisotopic (exact) mass is 293 g/mol. The molecule has 0 atom stereocenters. The Bertz CT molecular complexity index is 532. The number of hydrogen-bond acceptors (Lipinski definition) is 6. The summed E-state index contributed by atoms with van der Waals surface area (Å²) in [4.78, 5) is 15.3. The van der Waals surface area contributed by atoms with E-state index in [1.54, 1.807) is 12.1 Å². The average Bonchev–Trinajstić information content (AvgIpc) is 2.42. The normalized spacial score (nSPS) is 19.4. The highest BCUT2D eigenvalue weighted by Crippen LogP contribution is 2.26. The fraction of sp³-hybridized carbons (Fsp3) is 0.571. The second kappa shape index (κ2) is 5.97. The average molecular weight is 293 g/mol. The molecular formula is C14H23N5O2. The molecule has 0 saturated carbocycles. The molecule has 0 aliphatic carbocycles. The SMILES string of the molecule is CN1CCN(Cc2ccc(NN)c([N+](=O)[O-])c2)CC1(C)C. The predicted octanol–water partition coefficient (Wildman–Crippen LogP) is 1.41. The Balaban J connectivity index is 2.13. The highest BCUT2D eigenvalue weighted by atomic mass is 16.6. The van der Waals surface area contributed by atoms with Crippen LogP contribution in [0.2, 0.25) is 0 Å². The number of hydrogen-bond donors (Lipinski definition) is 2. The molecule has 21 heavy (non-hydrogen) atoms. The van der Waals surface area contributed by atoms with E-state index in [-0.39, 0.29) is 11.2 Å². The van der Waals surface area contributed by atoms with E-state index in [1.807, 2.05) is 6.07 Å². The highest BCUT2D eigenvalue weighted by molar-refractivity contribution is 5.61. The number of likely N-dealkylation sites (N-methyl/N-ethyl adjacent to an activating group) is 1. The third kappa shape index (κ3) is 3.49. The van der Waals surface area contributed by atoms with Crippen LogP contribution in [0.15, 0.2) is 18.2 Å². The quantitative estimate of drug-likeness (QED) is 0.496.